The van der Waals surface area contributed by atoms with Crippen molar-refractivity contribution in [2.45, 2.75) is 37.9 Å². The maximum atomic E-state index is 12.7. The zero-order valence-corrected chi connectivity index (χ0v) is 11.8. The third-order valence-corrected chi connectivity index (χ3v) is 3.92. The highest BCUT2D eigenvalue weighted by molar-refractivity contribution is 5.86. The van der Waals surface area contributed by atoms with Crippen LogP contribution in [0.1, 0.15) is 25.7 Å². The molecule has 1 N–H and O–H groups in total. The van der Waals surface area contributed by atoms with Crippen LogP contribution in [0.15, 0.2) is 0 Å². The van der Waals surface area contributed by atoms with Crippen LogP contribution in [0.3, 0.4) is 0 Å². The number of hydrogen-bond acceptors (Lipinski definition) is 3. The SMILES string of the molecule is O=C1CCCN1CC(=O)N(CC(F)(F)F)C1CCNCC1. The summed E-state index contributed by atoms with van der Waals surface area (Å²) in [6, 6.07) is -0.405. The molecule has 2 amide bonds. The predicted octanol–water partition coefficient (Wildman–Crippen LogP) is 0.752. The first-order valence-electron chi connectivity index (χ1n) is 7.21. The molecule has 0 aromatic rings. The van der Waals surface area contributed by atoms with Gasteiger partial charge in [-0.15, -0.1) is 0 Å². The molecular formula is C13H20F3N3O2. The van der Waals surface area contributed by atoms with Crippen LogP contribution < -0.4 is 5.32 Å². The van der Waals surface area contributed by atoms with E-state index in [1.807, 2.05) is 0 Å². The van der Waals surface area contributed by atoms with Crippen molar-refractivity contribution >= 4 is 11.8 Å². The molecule has 0 radical (unpaired) electrons. The van der Waals surface area contributed by atoms with Crippen LogP contribution in [-0.4, -0.2) is 66.6 Å². The Morgan fingerprint density at radius 3 is 2.52 bits per heavy atom. The van der Waals surface area contributed by atoms with Gasteiger partial charge in [0.2, 0.25) is 11.8 Å². The molecule has 8 heteroatoms. The quantitative estimate of drug-likeness (QED) is 0.834. The topological polar surface area (TPSA) is 52.7 Å². The molecular weight excluding hydrogens is 287 g/mol. The highest BCUT2D eigenvalue weighted by Gasteiger charge is 2.37. The number of carbonyl (C=O) groups is 2. The largest absolute Gasteiger partial charge is 0.406 e. The second-order valence-electron chi connectivity index (χ2n) is 5.54. The minimum absolute atomic E-state index is 0.152. The number of alkyl halides is 3. The third-order valence-electron chi connectivity index (χ3n) is 3.92. The number of nitrogens with zero attached hydrogens (tertiary/aromatic N) is 2. The first-order valence-corrected chi connectivity index (χ1v) is 7.21. The van der Waals surface area contributed by atoms with Crippen molar-refractivity contribution in [3.8, 4) is 0 Å². The molecule has 2 aliphatic rings. The molecule has 0 aromatic carbocycles. The number of likely N-dealkylation sites (tertiary alicyclic amines) is 1. The number of amides is 2. The average Bonchev–Trinajstić information content (AvgIpc) is 2.81. The minimum Gasteiger partial charge on any atom is -0.333 e. The fraction of sp³-hybridized carbons (Fsp3) is 0.846. The second-order valence-corrected chi connectivity index (χ2v) is 5.54. The molecule has 0 spiro atoms. The average molecular weight is 307 g/mol. The Kier molecular flexibility index (Phi) is 5.08. The molecule has 120 valence electrons. The summed E-state index contributed by atoms with van der Waals surface area (Å²) in [7, 11) is 0. The lowest BCUT2D eigenvalue weighted by Crippen LogP contribution is -2.52. The maximum absolute atomic E-state index is 12.7. The summed E-state index contributed by atoms with van der Waals surface area (Å²) >= 11 is 0. The molecule has 2 rings (SSSR count). The number of halogens is 3. The van der Waals surface area contributed by atoms with Crippen LogP contribution in [0.2, 0.25) is 0 Å². The standard InChI is InChI=1S/C13H20F3N3O2/c14-13(15,16)9-19(10-3-5-17-6-4-10)12(21)8-18-7-1-2-11(18)20/h10,17H,1-9H2. The first kappa shape index (κ1) is 16.1. The van der Waals surface area contributed by atoms with Crippen molar-refractivity contribution < 1.29 is 22.8 Å². The summed E-state index contributed by atoms with van der Waals surface area (Å²) in [6.07, 6.45) is -2.36. The molecule has 5 nitrogen and oxygen atoms in total. The molecule has 2 heterocycles. The minimum atomic E-state index is -4.42. The lowest BCUT2D eigenvalue weighted by atomic mass is 10.0. The van der Waals surface area contributed by atoms with Gasteiger partial charge < -0.3 is 15.1 Å². The van der Waals surface area contributed by atoms with Crippen molar-refractivity contribution in [1.29, 1.82) is 0 Å². The molecule has 0 saturated carbocycles. The van der Waals surface area contributed by atoms with Gasteiger partial charge in [0.25, 0.3) is 0 Å². The summed E-state index contributed by atoms with van der Waals surface area (Å²) in [5.41, 5.74) is 0. The normalized spacial score (nSPS) is 20.9. The number of hydrogen-bond donors (Lipinski definition) is 1. The molecule has 2 aliphatic heterocycles. The van der Waals surface area contributed by atoms with Gasteiger partial charge in [0.05, 0.1) is 6.54 Å². The van der Waals surface area contributed by atoms with Gasteiger partial charge in [-0.3, -0.25) is 9.59 Å². The van der Waals surface area contributed by atoms with Crippen LogP contribution in [-0.2, 0) is 9.59 Å². The zero-order chi connectivity index (χ0) is 15.5. The molecule has 2 fully saturated rings. The second kappa shape index (κ2) is 6.64. The van der Waals surface area contributed by atoms with E-state index < -0.39 is 24.7 Å². The van der Waals surface area contributed by atoms with Gasteiger partial charge in [-0.05, 0) is 32.4 Å². The van der Waals surface area contributed by atoms with Crippen molar-refractivity contribution in [2.75, 3.05) is 32.7 Å². The molecule has 0 unspecified atom stereocenters. The number of rotatable bonds is 4. The third kappa shape index (κ3) is 4.59. The number of piperidine rings is 1. The summed E-state index contributed by atoms with van der Waals surface area (Å²) in [6.45, 7) is 0.192. The van der Waals surface area contributed by atoms with Gasteiger partial charge >= 0.3 is 6.18 Å². The number of carbonyl (C=O) groups excluding carboxylic acids is 2. The van der Waals surface area contributed by atoms with Gasteiger partial charge in [0, 0.05) is 19.0 Å². The van der Waals surface area contributed by atoms with E-state index in [-0.39, 0.29) is 12.5 Å². The number of nitrogens with one attached hydrogen (secondary N) is 1. The Balaban J connectivity index is 2.02. The maximum Gasteiger partial charge on any atom is 0.406 e. The van der Waals surface area contributed by atoms with Crippen LogP contribution in [0, 0.1) is 0 Å². The summed E-state index contributed by atoms with van der Waals surface area (Å²) < 4.78 is 38.2. The first-order chi connectivity index (χ1) is 9.87. The van der Waals surface area contributed by atoms with Crippen molar-refractivity contribution in [1.82, 2.24) is 15.1 Å². The van der Waals surface area contributed by atoms with Crippen molar-refractivity contribution in [2.24, 2.45) is 0 Å². The van der Waals surface area contributed by atoms with Gasteiger partial charge in [-0.1, -0.05) is 0 Å². The predicted molar refractivity (Wildman–Crippen MR) is 69.5 cm³/mol. The molecule has 2 saturated heterocycles. The fourth-order valence-electron chi connectivity index (χ4n) is 2.86. The Labute approximate surface area is 121 Å². The van der Waals surface area contributed by atoms with E-state index >= 15 is 0 Å². The Morgan fingerprint density at radius 1 is 1.33 bits per heavy atom. The Morgan fingerprint density at radius 2 is 2.00 bits per heavy atom. The highest BCUT2D eigenvalue weighted by Crippen LogP contribution is 2.22. The van der Waals surface area contributed by atoms with Crippen molar-refractivity contribution in [3.05, 3.63) is 0 Å². The van der Waals surface area contributed by atoms with E-state index in [2.05, 4.69) is 5.32 Å². The van der Waals surface area contributed by atoms with E-state index in [9.17, 15) is 22.8 Å². The highest BCUT2D eigenvalue weighted by atomic mass is 19.4. The lowest BCUT2D eigenvalue weighted by Gasteiger charge is -2.36. The van der Waals surface area contributed by atoms with Gasteiger partial charge in [-0.2, -0.15) is 13.2 Å². The zero-order valence-electron chi connectivity index (χ0n) is 11.8. The summed E-state index contributed by atoms with van der Waals surface area (Å²) in [5, 5.41) is 3.07. The van der Waals surface area contributed by atoms with Gasteiger partial charge in [-0.25, -0.2) is 0 Å². The van der Waals surface area contributed by atoms with Crippen molar-refractivity contribution in [3.63, 3.8) is 0 Å². The summed E-state index contributed by atoms with van der Waals surface area (Å²) in [5.74, 6) is -0.755. The van der Waals surface area contributed by atoms with Crippen LogP contribution in [0.5, 0.6) is 0 Å². The van der Waals surface area contributed by atoms with E-state index in [1.54, 1.807) is 0 Å². The molecule has 21 heavy (non-hydrogen) atoms. The molecule has 0 aliphatic carbocycles. The van der Waals surface area contributed by atoms with E-state index in [1.165, 1.54) is 4.90 Å². The lowest BCUT2D eigenvalue weighted by molar-refractivity contribution is -0.167. The van der Waals surface area contributed by atoms with E-state index in [0.717, 1.165) is 4.90 Å². The molecule has 0 atom stereocenters. The van der Waals surface area contributed by atoms with Gasteiger partial charge in [0.1, 0.15) is 6.54 Å². The Hall–Kier alpha value is -1.31. The fourth-order valence-corrected chi connectivity index (χ4v) is 2.86. The summed E-state index contributed by atoms with van der Waals surface area (Å²) in [4.78, 5) is 26.0. The molecule has 0 bridgehead atoms. The monoisotopic (exact) mass is 307 g/mol. The molecule has 0 aromatic heterocycles. The van der Waals surface area contributed by atoms with Crippen LogP contribution >= 0.6 is 0 Å². The van der Waals surface area contributed by atoms with E-state index in [0.29, 0.717) is 45.3 Å². The Bertz CT molecular complexity index is 395. The van der Waals surface area contributed by atoms with Crippen LogP contribution in [0.4, 0.5) is 13.2 Å². The smallest absolute Gasteiger partial charge is 0.333 e. The van der Waals surface area contributed by atoms with E-state index in [4.69, 9.17) is 0 Å². The van der Waals surface area contributed by atoms with Gasteiger partial charge in [0.15, 0.2) is 0 Å². The van der Waals surface area contributed by atoms with Crippen LogP contribution in [0.25, 0.3) is 0 Å².